The van der Waals surface area contributed by atoms with Gasteiger partial charge in [0.25, 0.3) is 5.91 Å². The summed E-state index contributed by atoms with van der Waals surface area (Å²) in [6.07, 6.45) is -0.871. The minimum atomic E-state index is -1.39. The fourth-order valence-corrected chi connectivity index (χ4v) is 3.38. The van der Waals surface area contributed by atoms with Crippen molar-refractivity contribution in [2.45, 2.75) is 31.9 Å². The van der Waals surface area contributed by atoms with Crippen molar-refractivity contribution in [3.63, 3.8) is 0 Å². The van der Waals surface area contributed by atoms with Gasteiger partial charge in [0.1, 0.15) is 11.9 Å². The first kappa shape index (κ1) is 18.1. The van der Waals surface area contributed by atoms with Crippen molar-refractivity contribution in [3.8, 4) is 11.1 Å². The first-order valence-electron chi connectivity index (χ1n) is 8.49. The lowest BCUT2D eigenvalue weighted by Crippen LogP contribution is -2.52. The van der Waals surface area contributed by atoms with Crippen molar-refractivity contribution in [1.29, 1.82) is 0 Å². The van der Waals surface area contributed by atoms with Gasteiger partial charge in [0, 0.05) is 0 Å². The molecule has 2 unspecified atom stereocenters. The Balaban J connectivity index is 1.90. The van der Waals surface area contributed by atoms with E-state index in [2.05, 4.69) is 10.6 Å². The molecule has 0 aliphatic carbocycles. The molecule has 1 aliphatic heterocycles. The van der Waals surface area contributed by atoms with Crippen LogP contribution in [0.5, 0.6) is 0 Å². The Labute approximate surface area is 151 Å². The molecule has 2 atom stereocenters. The van der Waals surface area contributed by atoms with E-state index < -0.39 is 23.6 Å². The van der Waals surface area contributed by atoms with Gasteiger partial charge in [0.15, 0.2) is 5.54 Å². The minimum absolute atomic E-state index is 0.0901. The Hall–Kier alpha value is -2.73. The highest BCUT2D eigenvalue weighted by Gasteiger charge is 2.52. The van der Waals surface area contributed by atoms with Gasteiger partial charge in [-0.25, -0.2) is 9.18 Å². The summed E-state index contributed by atoms with van der Waals surface area (Å²) in [6, 6.07) is 12.5. The Morgan fingerprint density at radius 2 is 1.54 bits per heavy atom. The number of nitrogens with one attached hydrogen (secondary N) is 2. The molecule has 1 aliphatic rings. The predicted molar refractivity (Wildman–Crippen MR) is 95.7 cm³/mol. The van der Waals surface area contributed by atoms with Gasteiger partial charge < -0.3 is 10.4 Å². The van der Waals surface area contributed by atoms with E-state index >= 15 is 0 Å². The van der Waals surface area contributed by atoms with Crippen LogP contribution in [-0.4, -0.2) is 22.6 Å². The number of benzene rings is 2. The number of amides is 3. The number of aliphatic hydroxyl groups is 1. The molecule has 2 aromatic carbocycles. The maximum Gasteiger partial charge on any atom is 0.322 e. The Kier molecular flexibility index (Phi) is 4.78. The SMILES string of the molecule is CC(C)CC1(C(O)c2ccc(-c3ccc(F)cc3)cc2)NC(=O)NC1=O. The minimum Gasteiger partial charge on any atom is -0.385 e. The molecule has 26 heavy (non-hydrogen) atoms. The number of carbonyl (C=O) groups excluding carboxylic acids is 2. The lowest BCUT2D eigenvalue weighted by atomic mass is 9.80. The summed E-state index contributed by atoms with van der Waals surface area (Å²) in [5.74, 6) is -0.738. The summed E-state index contributed by atoms with van der Waals surface area (Å²) in [5, 5.41) is 15.7. The normalized spacial score (nSPS) is 20.8. The molecule has 0 spiro atoms. The van der Waals surface area contributed by atoms with Gasteiger partial charge in [0.05, 0.1) is 0 Å². The molecule has 136 valence electrons. The van der Waals surface area contributed by atoms with Crippen LogP contribution in [0.2, 0.25) is 0 Å². The van der Waals surface area contributed by atoms with E-state index in [4.69, 9.17) is 0 Å². The van der Waals surface area contributed by atoms with Crippen molar-refractivity contribution in [1.82, 2.24) is 10.6 Å². The molecule has 3 N–H and O–H groups in total. The molecule has 1 heterocycles. The van der Waals surface area contributed by atoms with Crippen LogP contribution >= 0.6 is 0 Å². The first-order chi connectivity index (χ1) is 12.3. The highest BCUT2D eigenvalue weighted by atomic mass is 19.1. The maximum absolute atomic E-state index is 13.1. The quantitative estimate of drug-likeness (QED) is 0.720. The molecule has 3 rings (SSSR count). The van der Waals surface area contributed by atoms with E-state index in [0.29, 0.717) is 12.0 Å². The van der Waals surface area contributed by atoms with Crippen LogP contribution < -0.4 is 10.6 Å². The third kappa shape index (κ3) is 3.32. The van der Waals surface area contributed by atoms with Gasteiger partial charge >= 0.3 is 6.03 Å². The second-order valence-electron chi connectivity index (χ2n) is 7.01. The molecule has 1 fully saturated rings. The van der Waals surface area contributed by atoms with E-state index in [1.165, 1.54) is 12.1 Å². The summed E-state index contributed by atoms with van der Waals surface area (Å²) in [6.45, 7) is 3.84. The number of carbonyl (C=O) groups is 2. The lowest BCUT2D eigenvalue weighted by Gasteiger charge is -2.33. The van der Waals surface area contributed by atoms with Crippen molar-refractivity contribution >= 4 is 11.9 Å². The monoisotopic (exact) mass is 356 g/mol. The average molecular weight is 356 g/mol. The fourth-order valence-electron chi connectivity index (χ4n) is 3.38. The van der Waals surface area contributed by atoms with Gasteiger partial charge in [-0.2, -0.15) is 0 Å². The molecular weight excluding hydrogens is 335 g/mol. The summed E-state index contributed by atoms with van der Waals surface area (Å²) in [5.41, 5.74) is 0.840. The van der Waals surface area contributed by atoms with Crippen molar-refractivity contribution < 1.29 is 19.1 Å². The zero-order valence-electron chi connectivity index (χ0n) is 14.6. The van der Waals surface area contributed by atoms with E-state index in [1.54, 1.807) is 36.4 Å². The number of rotatable bonds is 5. The lowest BCUT2D eigenvalue weighted by molar-refractivity contribution is -0.129. The zero-order valence-corrected chi connectivity index (χ0v) is 14.6. The molecule has 0 radical (unpaired) electrons. The van der Waals surface area contributed by atoms with Crippen LogP contribution in [0, 0.1) is 11.7 Å². The summed E-state index contributed by atoms with van der Waals surface area (Å²) >= 11 is 0. The molecule has 5 nitrogen and oxygen atoms in total. The number of hydrogen-bond donors (Lipinski definition) is 3. The highest BCUT2D eigenvalue weighted by Crippen LogP contribution is 2.35. The van der Waals surface area contributed by atoms with E-state index in [0.717, 1.165) is 11.1 Å². The Bertz CT molecular complexity index is 818. The van der Waals surface area contributed by atoms with Crippen LogP contribution in [0.3, 0.4) is 0 Å². The molecule has 0 bridgehead atoms. The van der Waals surface area contributed by atoms with Gasteiger partial charge in [-0.1, -0.05) is 50.2 Å². The van der Waals surface area contributed by atoms with E-state index in [9.17, 15) is 19.1 Å². The van der Waals surface area contributed by atoms with E-state index in [-0.39, 0.29) is 11.7 Å². The smallest absolute Gasteiger partial charge is 0.322 e. The molecular formula is C20H21FN2O3. The van der Waals surface area contributed by atoms with Crippen LogP contribution in [-0.2, 0) is 4.79 Å². The van der Waals surface area contributed by atoms with Crippen LogP contribution in [0.4, 0.5) is 9.18 Å². The van der Waals surface area contributed by atoms with Crippen LogP contribution in [0.1, 0.15) is 31.9 Å². The molecule has 0 saturated carbocycles. The molecule has 2 aromatic rings. The summed E-state index contributed by atoms with van der Waals surface area (Å²) < 4.78 is 13.1. The Morgan fingerprint density at radius 1 is 1.00 bits per heavy atom. The largest absolute Gasteiger partial charge is 0.385 e. The molecule has 0 aromatic heterocycles. The zero-order chi connectivity index (χ0) is 18.9. The van der Waals surface area contributed by atoms with Gasteiger partial charge in [0.2, 0.25) is 0 Å². The average Bonchev–Trinajstić information content (AvgIpc) is 2.88. The van der Waals surface area contributed by atoms with Crippen molar-refractivity contribution in [3.05, 3.63) is 59.9 Å². The predicted octanol–water partition coefficient (Wildman–Crippen LogP) is 3.15. The summed E-state index contributed by atoms with van der Waals surface area (Å²) in [4.78, 5) is 24.1. The number of aliphatic hydroxyl groups excluding tert-OH is 1. The fraction of sp³-hybridized carbons (Fsp3) is 0.300. The number of halogens is 1. The number of hydrogen-bond acceptors (Lipinski definition) is 3. The van der Waals surface area contributed by atoms with Crippen molar-refractivity contribution in [2.24, 2.45) is 5.92 Å². The Morgan fingerprint density at radius 3 is 2.00 bits per heavy atom. The number of imide groups is 1. The maximum atomic E-state index is 13.1. The number of urea groups is 1. The molecule has 1 saturated heterocycles. The third-order valence-electron chi connectivity index (χ3n) is 4.57. The van der Waals surface area contributed by atoms with Gasteiger partial charge in [-0.05, 0) is 41.2 Å². The second-order valence-corrected chi connectivity index (χ2v) is 7.01. The topological polar surface area (TPSA) is 78.4 Å². The third-order valence-corrected chi connectivity index (χ3v) is 4.57. The standard InChI is InChI=1S/C20H21FN2O3/c1-12(2)11-20(18(25)22-19(26)23-20)17(24)15-5-3-13(4-6-15)14-7-9-16(21)10-8-14/h3-10,12,17,24H,11H2,1-2H3,(H2,22,23,25,26). The van der Waals surface area contributed by atoms with Gasteiger partial charge in [-0.3, -0.25) is 10.1 Å². The van der Waals surface area contributed by atoms with Crippen molar-refractivity contribution in [2.75, 3.05) is 0 Å². The molecule has 6 heteroatoms. The second kappa shape index (κ2) is 6.88. The van der Waals surface area contributed by atoms with Crippen LogP contribution in [0.25, 0.3) is 11.1 Å². The van der Waals surface area contributed by atoms with Crippen LogP contribution in [0.15, 0.2) is 48.5 Å². The molecule has 3 amide bonds. The first-order valence-corrected chi connectivity index (χ1v) is 8.49. The summed E-state index contributed by atoms with van der Waals surface area (Å²) in [7, 11) is 0. The highest BCUT2D eigenvalue weighted by molar-refractivity contribution is 6.07. The van der Waals surface area contributed by atoms with Gasteiger partial charge in [-0.15, -0.1) is 0 Å². The van der Waals surface area contributed by atoms with E-state index in [1.807, 2.05) is 13.8 Å².